The molecule has 188 valence electrons. The van der Waals surface area contributed by atoms with Gasteiger partial charge in [0.25, 0.3) is 0 Å². The van der Waals surface area contributed by atoms with Crippen LogP contribution in [0.25, 0.3) is 0 Å². The summed E-state index contributed by atoms with van der Waals surface area (Å²) in [5.74, 6) is -0.685. The van der Waals surface area contributed by atoms with Crippen LogP contribution in [0, 0.1) is 5.92 Å². The molecule has 1 heterocycles. The van der Waals surface area contributed by atoms with Crippen molar-refractivity contribution in [3.8, 4) is 5.75 Å². The third kappa shape index (κ3) is 5.59. The van der Waals surface area contributed by atoms with Crippen molar-refractivity contribution in [2.75, 3.05) is 13.2 Å². The first-order valence-corrected chi connectivity index (χ1v) is 13.3. The fourth-order valence-corrected chi connectivity index (χ4v) is 5.71. The summed E-state index contributed by atoms with van der Waals surface area (Å²) in [5.41, 5.74) is 4.11. The zero-order valence-electron chi connectivity index (χ0n) is 20.6. The summed E-state index contributed by atoms with van der Waals surface area (Å²) in [6.45, 7) is 2.21. The predicted molar refractivity (Wildman–Crippen MR) is 147 cm³/mol. The van der Waals surface area contributed by atoms with Crippen molar-refractivity contribution in [1.29, 1.82) is 0 Å². The van der Waals surface area contributed by atoms with E-state index in [1.165, 1.54) is 0 Å². The van der Waals surface area contributed by atoms with Gasteiger partial charge in [0, 0.05) is 33.8 Å². The second-order valence-electron chi connectivity index (χ2n) is 9.39. The van der Waals surface area contributed by atoms with Crippen LogP contribution in [0.2, 0.25) is 0 Å². The van der Waals surface area contributed by atoms with Crippen molar-refractivity contribution >= 4 is 33.4 Å². The number of rotatable bonds is 7. The Morgan fingerprint density at radius 1 is 0.919 bits per heavy atom. The number of ketones is 1. The molecule has 0 bridgehead atoms. The molecule has 5 nitrogen and oxygen atoms in total. The van der Waals surface area contributed by atoms with Crippen LogP contribution in [-0.2, 0) is 14.3 Å². The van der Waals surface area contributed by atoms with Crippen LogP contribution in [0.1, 0.15) is 42.7 Å². The molecule has 0 aromatic heterocycles. The lowest BCUT2D eigenvalue weighted by atomic mass is 9.69. The topological polar surface area (TPSA) is 65.0 Å². The third-order valence-corrected chi connectivity index (χ3v) is 7.45. The van der Waals surface area contributed by atoms with Gasteiger partial charge in [-0.05, 0) is 54.7 Å². The molecular formula is C31H28BrNO4. The molecule has 5 rings (SSSR count). The SMILES string of the molecule is CC1=NC2=C(C(=O)C[C@H](c3ccccc3)C2)[C@@H](c2cccc(Br)c2)C1C(=O)OCCOc1ccccc1. The summed E-state index contributed by atoms with van der Waals surface area (Å²) in [7, 11) is 0. The quantitative estimate of drug-likeness (QED) is 0.241. The fraction of sp³-hybridized carbons (Fsp3) is 0.258. The lowest BCUT2D eigenvalue weighted by molar-refractivity contribution is -0.147. The van der Waals surface area contributed by atoms with E-state index in [1.807, 2.05) is 79.7 Å². The lowest BCUT2D eigenvalue weighted by Crippen LogP contribution is -2.38. The van der Waals surface area contributed by atoms with Gasteiger partial charge in [0.1, 0.15) is 24.9 Å². The molecule has 0 saturated carbocycles. The van der Waals surface area contributed by atoms with Gasteiger partial charge < -0.3 is 9.47 Å². The highest BCUT2D eigenvalue weighted by Gasteiger charge is 2.44. The number of esters is 1. The number of Topliss-reactive ketones (excluding diaryl/α,β-unsaturated/α-hetero) is 1. The largest absolute Gasteiger partial charge is 0.490 e. The smallest absolute Gasteiger partial charge is 0.315 e. The highest BCUT2D eigenvalue weighted by atomic mass is 79.9. The summed E-state index contributed by atoms with van der Waals surface area (Å²) >= 11 is 3.55. The summed E-state index contributed by atoms with van der Waals surface area (Å²) in [5, 5.41) is 0. The van der Waals surface area contributed by atoms with Crippen molar-refractivity contribution in [2.45, 2.75) is 31.6 Å². The van der Waals surface area contributed by atoms with Gasteiger partial charge in [-0.15, -0.1) is 0 Å². The number of halogens is 1. The van der Waals surface area contributed by atoms with E-state index < -0.39 is 17.8 Å². The molecule has 0 saturated heterocycles. The molecule has 3 aromatic rings. The Kier molecular flexibility index (Phi) is 7.65. The highest BCUT2D eigenvalue weighted by Crippen LogP contribution is 2.47. The highest BCUT2D eigenvalue weighted by molar-refractivity contribution is 9.10. The standard InChI is InChI=1S/C31H28BrNO4/c1-20-28(31(35)37-16-15-36-25-13-6-3-7-14-25)29(22-11-8-12-24(32)17-22)30-26(33-20)18-23(19-27(30)34)21-9-4-2-5-10-21/h2-14,17,23,28-29H,15-16,18-19H2,1H3/t23-,28?,29+/m1/s1. The van der Waals surface area contributed by atoms with Gasteiger partial charge in [0.15, 0.2) is 5.78 Å². The Morgan fingerprint density at radius 2 is 1.62 bits per heavy atom. The Hall–Kier alpha value is -3.51. The van der Waals surface area contributed by atoms with E-state index in [4.69, 9.17) is 14.5 Å². The predicted octanol–water partition coefficient (Wildman–Crippen LogP) is 6.65. The summed E-state index contributed by atoms with van der Waals surface area (Å²) in [6, 6.07) is 27.3. The van der Waals surface area contributed by atoms with Crippen molar-refractivity contribution < 1.29 is 19.1 Å². The molecule has 0 spiro atoms. The van der Waals surface area contributed by atoms with Crippen LogP contribution < -0.4 is 4.74 Å². The van der Waals surface area contributed by atoms with E-state index in [1.54, 1.807) is 0 Å². The van der Waals surface area contributed by atoms with Gasteiger partial charge in [0.05, 0.1) is 0 Å². The maximum absolute atomic E-state index is 13.7. The molecule has 3 aromatic carbocycles. The maximum Gasteiger partial charge on any atom is 0.315 e. The Morgan fingerprint density at radius 3 is 2.35 bits per heavy atom. The van der Waals surface area contributed by atoms with Crippen molar-refractivity contribution in [3.05, 3.63) is 112 Å². The number of para-hydroxylation sites is 1. The van der Waals surface area contributed by atoms with E-state index in [0.29, 0.717) is 24.1 Å². The van der Waals surface area contributed by atoms with Gasteiger partial charge in [-0.25, -0.2) is 0 Å². The zero-order chi connectivity index (χ0) is 25.8. The van der Waals surface area contributed by atoms with Crippen LogP contribution >= 0.6 is 15.9 Å². The van der Waals surface area contributed by atoms with Gasteiger partial charge in [-0.1, -0.05) is 76.6 Å². The van der Waals surface area contributed by atoms with Crippen molar-refractivity contribution in [3.63, 3.8) is 0 Å². The monoisotopic (exact) mass is 557 g/mol. The molecule has 0 radical (unpaired) electrons. The number of aliphatic imine (C=N–C) groups is 1. The number of allylic oxidation sites excluding steroid dienone is 2. The second-order valence-corrected chi connectivity index (χ2v) is 10.3. The molecule has 1 aliphatic heterocycles. The molecule has 0 fully saturated rings. The van der Waals surface area contributed by atoms with Gasteiger partial charge >= 0.3 is 5.97 Å². The van der Waals surface area contributed by atoms with Gasteiger partial charge in [-0.2, -0.15) is 0 Å². The van der Waals surface area contributed by atoms with E-state index >= 15 is 0 Å². The molecule has 1 unspecified atom stereocenters. The minimum atomic E-state index is -0.679. The van der Waals surface area contributed by atoms with Crippen molar-refractivity contribution in [1.82, 2.24) is 0 Å². The van der Waals surface area contributed by atoms with E-state index in [2.05, 4.69) is 28.1 Å². The summed E-state index contributed by atoms with van der Waals surface area (Å²) in [6.07, 6.45) is 1.06. The molecule has 0 amide bonds. The summed E-state index contributed by atoms with van der Waals surface area (Å²) in [4.78, 5) is 32.0. The first kappa shape index (κ1) is 25.2. The number of carbonyl (C=O) groups is 2. The minimum absolute atomic E-state index is 0.0431. The molecular weight excluding hydrogens is 530 g/mol. The van der Waals surface area contributed by atoms with Crippen LogP contribution in [-0.4, -0.2) is 30.7 Å². The van der Waals surface area contributed by atoms with Gasteiger partial charge in [-0.3, -0.25) is 14.6 Å². The van der Waals surface area contributed by atoms with Crippen LogP contribution in [0.15, 0.2) is 106 Å². The molecule has 2 aliphatic rings. The number of nitrogens with zero attached hydrogens (tertiary/aromatic N) is 1. The summed E-state index contributed by atoms with van der Waals surface area (Å²) < 4.78 is 12.2. The van der Waals surface area contributed by atoms with E-state index in [9.17, 15) is 9.59 Å². The maximum atomic E-state index is 13.7. The van der Waals surface area contributed by atoms with Gasteiger partial charge in [0.2, 0.25) is 0 Å². The average Bonchev–Trinajstić information content (AvgIpc) is 2.91. The van der Waals surface area contributed by atoms with Crippen molar-refractivity contribution in [2.24, 2.45) is 10.9 Å². The Labute approximate surface area is 225 Å². The fourth-order valence-electron chi connectivity index (χ4n) is 5.29. The zero-order valence-corrected chi connectivity index (χ0v) is 22.2. The van der Waals surface area contributed by atoms with Crippen LogP contribution in [0.5, 0.6) is 5.75 Å². The molecule has 1 aliphatic carbocycles. The third-order valence-electron chi connectivity index (χ3n) is 6.96. The molecule has 0 N–H and O–H groups in total. The first-order chi connectivity index (χ1) is 18.0. The normalized spacial score (nSPS) is 21.2. The molecule has 3 atom stereocenters. The minimum Gasteiger partial charge on any atom is -0.490 e. The lowest BCUT2D eigenvalue weighted by Gasteiger charge is -2.36. The first-order valence-electron chi connectivity index (χ1n) is 12.5. The van der Waals surface area contributed by atoms with Crippen LogP contribution in [0.3, 0.4) is 0 Å². The van der Waals surface area contributed by atoms with E-state index in [-0.39, 0.29) is 24.9 Å². The Bertz CT molecular complexity index is 1350. The van der Waals surface area contributed by atoms with E-state index in [0.717, 1.165) is 27.0 Å². The number of hydrogen-bond donors (Lipinski definition) is 0. The number of ether oxygens (including phenoxy) is 2. The Balaban J connectivity index is 1.41. The second kappa shape index (κ2) is 11.3. The molecule has 6 heteroatoms. The number of carbonyl (C=O) groups excluding carboxylic acids is 2. The molecule has 37 heavy (non-hydrogen) atoms. The number of benzene rings is 3. The average molecular weight is 558 g/mol. The van der Waals surface area contributed by atoms with Crippen LogP contribution in [0.4, 0.5) is 0 Å². The number of hydrogen-bond acceptors (Lipinski definition) is 5.